The van der Waals surface area contributed by atoms with E-state index in [1.54, 1.807) is 63.6 Å². The number of nitrogens with zero attached hydrogens (tertiary/aromatic N) is 2. The van der Waals surface area contributed by atoms with E-state index in [2.05, 4.69) is 10.3 Å². The van der Waals surface area contributed by atoms with Crippen molar-refractivity contribution in [3.63, 3.8) is 0 Å². The second kappa shape index (κ2) is 6.96. The number of nitrogens with one attached hydrogen (secondary N) is 1. The molecule has 0 bridgehead atoms. The Bertz CT molecular complexity index is 880. The SMILES string of the molecule is COc1ccc(N[C@@H](C)c2nc3ccccc3n2C(F)F)c(OC)c1. The normalized spacial score (nSPS) is 12.4. The first-order chi connectivity index (χ1) is 12.0. The summed E-state index contributed by atoms with van der Waals surface area (Å²) in [5.41, 5.74) is 1.61. The van der Waals surface area contributed by atoms with Crippen LogP contribution in [-0.4, -0.2) is 23.8 Å². The molecular weight excluding hydrogens is 328 g/mol. The van der Waals surface area contributed by atoms with Gasteiger partial charge in [0.1, 0.15) is 17.3 Å². The molecule has 0 saturated heterocycles. The van der Waals surface area contributed by atoms with E-state index >= 15 is 0 Å². The van der Waals surface area contributed by atoms with Crippen LogP contribution in [0.1, 0.15) is 25.3 Å². The number of imidazole rings is 1. The second-order valence-electron chi connectivity index (χ2n) is 5.54. The lowest BCUT2D eigenvalue weighted by Gasteiger charge is -2.19. The van der Waals surface area contributed by atoms with E-state index in [4.69, 9.17) is 9.47 Å². The Balaban J connectivity index is 1.98. The van der Waals surface area contributed by atoms with Crippen LogP contribution in [0.25, 0.3) is 11.0 Å². The maximum Gasteiger partial charge on any atom is 0.320 e. The molecule has 0 spiro atoms. The number of alkyl halides is 2. The van der Waals surface area contributed by atoms with E-state index in [1.807, 2.05) is 0 Å². The number of para-hydroxylation sites is 2. The molecule has 1 heterocycles. The summed E-state index contributed by atoms with van der Waals surface area (Å²) in [7, 11) is 3.11. The van der Waals surface area contributed by atoms with Crippen LogP contribution in [0.2, 0.25) is 0 Å². The van der Waals surface area contributed by atoms with Gasteiger partial charge >= 0.3 is 6.55 Å². The average molecular weight is 347 g/mol. The molecule has 0 aliphatic heterocycles. The third-order valence-electron chi connectivity index (χ3n) is 3.99. The minimum atomic E-state index is -2.68. The molecule has 0 aliphatic rings. The highest BCUT2D eigenvalue weighted by Gasteiger charge is 2.22. The Hall–Kier alpha value is -2.83. The van der Waals surface area contributed by atoms with E-state index in [0.717, 1.165) is 4.57 Å². The van der Waals surface area contributed by atoms with Crippen molar-refractivity contribution >= 4 is 16.7 Å². The standard InChI is InChI=1S/C18H19F2N3O2/c1-11(21-14-9-8-12(24-2)10-16(14)25-3)17-22-13-6-4-5-7-15(13)23(17)18(19)20/h4-11,18,21H,1-3H3/t11-/m0/s1. The van der Waals surface area contributed by atoms with Gasteiger partial charge in [0.2, 0.25) is 0 Å². The number of methoxy groups -OCH3 is 2. The van der Waals surface area contributed by atoms with Crippen molar-refractivity contribution in [3.05, 3.63) is 48.3 Å². The molecule has 7 heteroatoms. The monoisotopic (exact) mass is 347 g/mol. The molecule has 0 radical (unpaired) electrons. The molecule has 1 N–H and O–H groups in total. The lowest BCUT2D eigenvalue weighted by atomic mass is 10.2. The van der Waals surface area contributed by atoms with Crippen molar-refractivity contribution in [2.45, 2.75) is 19.5 Å². The van der Waals surface area contributed by atoms with Crippen molar-refractivity contribution in [2.75, 3.05) is 19.5 Å². The number of ether oxygens (including phenoxy) is 2. The summed E-state index contributed by atoms with van der Waals surface area (Å²) in [6.45, 7) is -0.895. The van der Waals surface area contributed by atoms with Crippen LogP contribution in [0.3, 0.4) is 0 Å². The Morgan fingerprint density at radius 1 is 1.08 bits per heavy atom. The van der Waals surface area contributed by atoms with Crippen LogP contribution in [0, 0.1) is 0 Å². The Morgan fingerprint density at radius 2 is 1.84 bits per heavy atom. The van der Waals surface area contributed by atoms with Crippen molar-refractivity contribution in [1.82, 2.24) is 9.55 Å². The maximum absolute atomic E-state index is 13.6. The molecule has 0 aliphatic carbocycles. The number of anilines is 1. The predicted octanol–water partition coefficient (Wildman–Crippen LogP) is 4.62. The summed E-state index contributed by atoms with van der Waals surface area (Å²) in [6, 6.07) is 11.7. The Kier molecular flexibility index (Phi) is 4.74. The van der Waals surface area contributed by atoms with E-state index in [0.29, 0.717) is 28.2 Å². The highest BCUT2D eigenvalue weighted by molar-refractivity contribution is 5.76. The van der Waals surface area contributed by atoms with Crippen LogP contribution in [0.4, 0.5) is 14.5 Å². The number of halogens is 2. The third-order valence-corrected chi connectivity index (χ3v) is 3.99. The first-order valence-electron chi connectivity index (χ1n) is 7.78. The van der Waals surface area contributed by atoms with Crippen LogP contribution >= 0.6 is 0 Å². The van der Waals surface area contributed by atoms with Gasteiger partial charge in [0.25, 0.3) is 0 Å². The van der Waals surface area contributed by atoms with Crippen molar-refractivity contribution in [1.29, 1.82) is 0 Å². The molecule has 0 fully saturated rings. The minimum Gasteiger partial charge on any atom is -0.497 e. The van der Waals surface area contributed by atoms with E-state index in [-0.39, 0.29) is 5.82 Å². The molecular formula is C18H19F2N3O2. The second-order valence-corrected chi connectivity index (χ2v) is 5.54. The van der Waals surface area contributed by atoms with Gasteiger partial charge in [0.05, 0.1) is 37.0 Å². The summed E-state index contributed by atoms with van der Waals surface area (Å²) in [4.78, 5) is 4.37. The average Bonchev–Trinajstić information content (AvgIpc) is 3.02. The van der Waals surface area contributed by atoms with Gasteiger partial charge in [-0.05, 0) is 31.2 Å². The van der Waals surface area contributed by atoms with Crippen LogP contribution in [0.15, 0.2) is 42.5 Å². The first kappa shape index (κ1) is 17.0. The van der Waals surface area contributed by atoms with Gasteiger partial charge < -0.3 is 14.8 Å². The molecule has 3 aromatic rings. The number of benzene rings is 2. The lowest BCUT2D eigenvalue weighted by Crippen LogP contribution is -2.15. The number of hydrogen-bond acceptors (Lipinski definition) is 4. The third kappa shape index (κ3) is 3.22. The molecule has 1 atom stereocenters. The highest BCUT2D eigenvalue weighted by Crippen LogP contribution is 2.33. The van der Waals surface area contributed by atoms with Gasteiger partial charge in [0.15, 0.2) is 0 Å². The van der Waals surface area contributed by atoms with Crippen LogP contribution in [-0.2, 0) is 0 Å². The first-order valence-corrected chi connectivity index (χ1v) is 7.78. The molecule has 3 rings (SSSR count). The van der Waals surface area contributed by atoms with Crippen molar-refractivity contribution in [2.24, 2.45) is 0 Å². The summed E-state index contributed by atoms with van der Waals surface area (Å²) in [5, 5.41) is 3.19. The molecule has 0 unspecified atom stereocenters. The zero-order chi connectivity index (χ0) is 18.0. The van der Waals surface area contributed by atoms with Gasteiger partial charge in [-0.3, -0.25) is 4.57 Å². The topological polar surface area (TPSA) is 48.3 Å². The zero-order valence-electron chi connectivity index (χ0n) is 14.2. The molecule has 132 valence electrons. The fraction of sp³-hybridized carbons (Fsp3) is 0.278. The van der Waals surface area contributed by atoms with Crippen molar-refractivity contribution < 1.29 is 18.3 Å². The van der Waals surface area contributed by atoms with Gasteiger partial charge in [0, 0.05) is 6.07 Å². The van der Waals surface area contributed by atoms with Crippen molar-refractivity contribution in [3.8, 4) is 11.5 Å². The Morgan fingerprint density at radius 3 is 2.52 bits per heavy atom. The summed E-state index contributed by atoms with van der Waals surface area (Å²) in [5.74, 6) is 1.47. The summed E-state index contributed by atoms with van der Waals surface area (Å²) >= 11 is 0. The number of hydrogen-bond donors (Lipinski definition) is 1. The zero-order valence-corrected chi connectivity index (χ0v) is 14.2. The van der Waals surface area contributed by atoms with Gasteiger partial charge in [-0.15, -0.1) is 0 Å². The van der Waals surface area contributed by atoms with Gasteiger partial charge in [-0.25, -0.2) is 4.98 Å². The lowest BCUT2D eigenvalue weighted by molar-refractivity contribution is 0.0708. The largest absolute Gasteiger partial charge is 0.497 e. The highest BCUT2D eigenvalue weighted by atomic mass is 19.3. The van der Waals surface area contributed by atoms with E-state index in [9.17, 15) is 8.78 Å². The summed E-state index contributed by atoms with van der Waals surface area (Å²) < 4.78 is 38.6. The number of aromatic nitrogens is 2. The Labute approximate surface area is 144 Å². The molecule has 25 heavy (non-hydrogen) atoms. The maximum atomic E-state index is 13.6. The van der Waals surface area contributed by atoms with E-state index in [1.165, 1.54) is 0 Å². The fourth-order valence-corrected chi connectivity index (χ4v) is 2.79. The number of fused-ring (bicyclic) bond motifs is 1. The smallest absolute Gasteiger partial charge is 0.320 e. The quantitative estimate of drug-likeness (QED) is 0.707. The van der Waals surface area contributed by atoms with Gasteiger partial charge in [-0.2, -0.15) is 8.78 Å². The number of rotatable bonds is 6. The van der Waals surface area contributed by atoms with E-state index < -0.39 is 12.6 Å². The predicted molar refractivity (Wildman–Crippen MR) is 92.6 cm³/mol. The molecule has 5 nitrogen and oxygen atoms in total. The molecule has 0 saturated carbocycles. The van der Waals surface area contributed by atoms with Crippen LogP contribution < -0.4 is 14.8 Å². The van der Waals surface area contributed by atoms with Gasteiger partial charge in [-0.1, -0.05) is 12.1 Å². The molecule has 0 amide bonds. The molecule has 1 aromatic heterocycles. The fourth-order valence-electron chi connectivity index (χ4n) is 2.79. The molecule has 2 aromatic carbocycles. The van der Waals surface area contributed by atoms with Crippen LogP contribution in [0.5, 0.6) is 11.5 Å². The summed E-state index contributed by atoms with van der Waals surface area (Å²) in [6.07, 6.45) is 0. The minimum absolute atomic E-state index is 0.258.